The Morgan fingerprint density at radius 1 is 1.00 bits per heavy atom. The van der Waals surface area contributed by atoms with Crippen molar-refractivity contribution >= 4 is 11.5 Å². The fourth-order valence-corrected chi connectivity index (χ4v) is 3.34. The standard InChI is InChI=1S/C19H18N4O/c1-13-17(22-12-14-8-6-7-11-16(14)18(22)20)19(24)23(21(13)2)15-9-4-3-5-10-15/h3-11,20H,12H2,1-2H3. The molecule has 1 aliphatic heterocycles. The Kier molecular flexibility index (Phi) is 3.16. The van der Waals surface area contributed by atoms with E-state index in [1.54, 1.807) is 4.68 Å². The van der Waals surface area contributed by atoms with Gasteiger partial charge in [0.25, 0.3) is 5.56 Å². The number of nitrogens with zero attached hydrogens (tertiary/aromatic N) is 3. The number of rotatable bonds is 2. The van der Waals surface area contributed by atoms with E-state index in [1.807, 2.05) is 78.2 Å². The van der Waals surface area contributed by atoms with Gasteiger partial charge in [-0.2, -0.15) is 0 Å². The number of fused-ring (bicyclic) bond motifs is 1. The van der Waals surface area contributed by atoms with Crippen molar-refractivity contribution in [3.63, 3.8) is 0 Å². The molecule has 0 fully saturated rings. The monoisotopic (exact) mass is 318 g/mol. The van der Waals surface area contributed by atoms with Crippen molar-refractivity contribution in [1.29, 1.82) is 5.41 Å². The van der Waals surface area contributed by atoms with Crippen LogP contribution in [0.5, 0.6) is 0 Å². The van der Waals surface area contributed by atoms with Gasteiger partial charge in [0.15, 0.2) is 0 Å². The average molecular weight is 318 g/mol. The van der Waals surface area contributed by atoms with Crippen LogP contribution in [0.4, 0.5) is 5.69 Å². The van der Waals surface area contributed by atoms with Crippen molar-refractivity contribution in [3.05, 3.63) is 81.8 Å². The summed E-state index contributed by atoms with van der Waals surface area (Å²) in [6, 6.07) is 17.4. The largest absolute Gasteiger partial charge is 0.316 e. The van der Waals surface area contributed by atoms with Gasteiger partial charge in [-0.25, -0.2) is 4.68 Å². The molecule has 0 unspecified atom stereocenters. The lowest BCUT2D eigenvalue weighted by atomic mass is 10.1. The van der Waals surface area contributed by atoms with E-state index in [2.05, 4.69) is 0 Å². The summed E-state index contributed by atoms with van der Waals surface area (Å²) in [6.07, 6.45) is 0. The van der Waals surface area contributed by atoms with Crippen LogP contribution in [0.15, 0.2) is 59.4 Å². The lowest BCUT2D eigenvalue weighted by molar-refractivity contribution is 0.630. The van der Waals surface area contributed by atoms with E-state index >= 15 is 0 Å². The Bertz CT molecular complexity index is 998. The first-order chi connectivity index (χ1) is 11.6. The maximum Gasteiger partial charge on any atom is 0.295 e. The van der Waals surface area contributed by atoms with E-state index in [1.165, 1.54) is 0 Å². The van der Waals surface area contributed by atoms with Crippen molar-refractivity contribution in [2.45, 2.75) is 13.5 Å². The van der Waals surface area contributed by atoms with Gasteiger partial charge >= 0.3 is 0 Å². The number of amidine groups is 1. The molecule has 120 valence electrons. The van der Waals surface area contributed by atoms with Crippen LogP contribution in [0.25, 0.3) is 5.69 Å². The third-order valence-corrected chi connectivity index (χ3v) is 4.66. The minimum absolute atomic E-state index is 0.0984. The van der Waals surface area contributed by atoms with Crippen LogP contribution in [0.2, 0.25) is 0 Å². The summed E-state index contributed by atoms with van der Waals surface area (Å²) < 4.78 is 3.50. The predicted molar refractivity (Wildman–Crippen MR) is 95.2 cm³/mol. The third-order valence-electron chi connectivity index (χ3n) is 4.66. The van der Waals surface area contributed by atoms with Crippen LogP contribution >= 0.6 is 0 Å². The third kappa shape index (κ3) is 1.94. The smallest absolute Gasteiger partial charge is 0.295 e. The van der Waals surface area contributed by atoms with Crippen LogP contribution in [0.1, 0.15) is 16.8 Å². The molecule has 0 saturated heterocycles. The molecular weight excluding hydrogens is 300 g/mol. The lowest BCUT2D eigenvalue weighted by Crippen LogP contribution is -2.29. The van der Waals surface area contributed by atoms with Crippen molar-refractivity contribution in [2.75, 3.05) is 4.90 Å². The van der Waals surface area contributed by atoms with Crippen LogP contribution < -0.4 is 10.5 Å². The number of para-hydroxylation sites is 1. The average Bonchev–Trinajstić information content (AvgIpc) is 3.03. The SMILES string of the molecule is Cc1c(N2Cc3ccccc3C2=N)c(=O)n(-c2ccccc2)n1C. The predicted octanol–water partition coefficient (Wildman–Crippen LogP) is 2.83. The highest BCUT2D eigenvalue weighted by Gasteiger charge is 2.30. The van der Waals surface area contributed by atoms with E-state index in [4.69, 9.17) is 5.41 Å². The van der Waals surface area contributed by atoms with Crippen molar-refractivity contribution < 1.29 is 0 Å². The molecule has 0 atom stereocenters. The fourth-order valence-electron chi connectivity index (χ4n) is 3.34. The first-order valence-electron chi connectivity index (χ1n) is 7.88. The molecule has 2 heterocycles. The first kappa shape index (κ1) is 14.5. The van der Waals surface area contributed by atoms with Crippen molar-refractivity contribution in [2.24, 2.45) is 7.05 Å². The van der Waals surface area contributed by atoms with Gasteiger partial charge in [0.1, 0.15) is 11.5 Å². The van der Waals surface area contributed by atoms with Gasteiger partial charge in [-0.05, 0) is 24.6 Å². The van der Waals surface area contributed by atoms with Gasteiger partial charge in [0, 0.05) is 12.6 Å². The molecular formula is C19H18N4O. The minimum Gasteiger partial charge on any atom is -0.316 e. The second-order valence-corrected chi connectivity index (χ2v) is 6.00. The molecule has 0 bridgehead atoms. The molecule has 0 aliphatic carbocycles. The van der Waals surface area contributed by atoms with Gasteiger partial charge in [0.2, 0.25) is 0 Å². The number of hydrogen-bond acceptors (Lipinski definition) is 2. The quantitative estimate of drug-likeness (QED) is 0.790. The number of nitrogens with one attached hydrogen (secondary N) is 1. The summed E-state index contributed by atoms with van der Waals surface area (Å²) in [5.41, 5.74) is 4.12. The van der Waals surface area contributed by atoms with Gasteiger partial charge in [0.05, 0.1) is 17.9 Å². The van der Waals surface area contributed by atoms with E-state index in [0.717, 1.165) is 22.5 Å². The zero-order chi connectivity index (χ0) is 16.8. The fraction of sp³-hybridized carbons (Fsp3) is 0.158. The normalized spacial score (nSPS) is 13.4. The van der Waals surface area contributed by atoms with E-state index < -0.39 is 0 Å². The Labute approximate surface area is 139 Å². The zero-order valence-electron chi connectivity index (χ0n) is 13.7. The molecule has 1 aliphatic rings. The molecule has 0 amide bonds. The Hall–Kier alpha value is -3.08. The second kappa shape index (κ2) is 5.23. The van der Waals surface area contributed by atoms with Crippen molar-refractivity contribution in [1.82, 2.24) is 9.36 Å². The Balaban J connectivity index is 1.87. The summed E-state index contributed by atoms with van der Waals surface area (Å²) in [7, 11) is 1.88. The van der Waals surface area contributed by atoms with Gasteiger partial charge in [-0.3, -0.25) is 14.9 Å². The molecule has 0 saturated carbocycles. The molecule has 24 heavy (non-hydrogen) atoms. The number of hydrogen-bond donors (Lipinski definition) is 1. The summed E-state index contributed by atoms with van der Waals surface area (Å²) in [6.45, 7) is 2.48. The number of aromatic nitrogens is 2. The second-order valence-electron chi connectivity index (χ2n) is 6.00. The molecule has 1 N–H and O–H groups in total. The summed E-state index contributed by atoms with van der Waals surface area (Å²) in [5.74, 6) is 0.386. The maximum atomic E-state index is 13.1. The molecule has 2 aromatic carbocycles. The number of anilines is 1. The minimum atomic E-state index is -0.0984. The lowest BCUT2D eigenvalue weighted by Gasteiger charge is -2.16. The molecule has 0 spiro atoms. The molecule has 0 radical (unpaired) electrons. The van der Waals surface area contributed by atoms with Gasteiger partial charge in [-0.15, -0.1) is 0 Å². The van der Waals surface area contributed by atoms with Crippen LogP contribution in [0, 0.1) is 12.3 Å². The van der Waals surface area contributed by atoms with Crippen LogP contribution in [-0.4, -0.2) is 15.2 Å². The topological polar surface area (TPSA) is 54.0 Å². The molecule has 4 rings (SSSR count). The van der Waals surface area contributed by atoms with Crippen LogP contribution in [-0.2, 0) is 13.6 Å². The van der Waals surface area contributed by atoms with E-state index in [-0.39, 0.29) is 5.56 Å². The molecule has 5 heteroatoms. The summed E-state index contributed by atoms with van der Waals surface area (Å²) in [5, 5.41) is 8.47. The highest BCUT2D eigenvalue weighted by molar-refractivity contribution is 6.11. The highest BCUT2D eigenvalue weighted by Crippen LogP contribution is 2.28. The van der Waals surface area contributed by atoms with Gasteiger partial charge < -0.3 is 4.90 Å². The van der Waals surface area contributed by atoms with Crippen molar-refractivity contribution in [3.8, 4) is 5.69 Å². The first-order valence-corrected chi connectivity index (χ1v) is 7.88. The highest BCUT2D eigenvalue weighted by atomic mass is 16.1. The molecule has 5 nitrogen and oxygen atoms in total. The molecule has 3 aromatic rings. The van der Waals surface area contributed by atoms with E-state index in [9.17, 15) is 4.79 Å². The summed E-state index contributed by atoms with van der Waals surface area (Å²) in [4.78, 5) is 14.9. The van der Waals surface area contributed by atoms with Gasteiger partial charge in [-0.1, -0.05) is 42.5 Å². The number of benzene rings is 2. The summed E-state index contributed by atoms with van der Waals surface area (Å²) >= 11 is 0. The Morgan fingerprint density at radius 2 is 1.67 bits per heavy atom. The van der Waals surface area contributed by atoms with E-state index in [0.29, 0.717) is 18.1 Å². The van der Waals surface area contributed by atoms with Crippen LogP contribution in [0.3, 0.4) is 0 Å². The zero-order valence-corrected chi connectivity index (χ0v) is 13.7. The Morgan fingerprint density at radius 3 is 2.38 bits per heavy atom. The molecule has 1 aromatic heterocycles. The maximum absolute atomic E-state index is 13.1.